The number of fused-ring (bicyclic) bond motifs is 2. The number of methoxy groups -OCH3 is 1. The third-order valence-corrected chi connectivity index (χ3v) is 9.05. The molecule has 0 saturated carbocycles. The summed E-state index contributed by atoms with van der Waals surface area (Å²) in [7, 11) is 1.31. The normalized spacial score (nSPS) is 14.6. The van der Waals surface area contributed by atoms with Gasteiger partial charge in [0.25, 0.3) is 5.56 Å². The first-order valence-corrected chi connectivity index (χ1v) is 15.9. The van der Waals surface area contributed by atoms with Crippen molar-refractivity contribution in [1.29, 1.82) is 0 Å². The Morgan fingerprint density at radius 3 is 2.56 bits per heavy atom. The molecule has 5 aromatic rings. The molecule has 6 rings (SSSR count). The van der Waals surface area contributed by atoms with Gasteiger partial charge in [0, 0.05) is 45.5 Å². The van der Waals surface area contributed by atoms with Crippen LogP contribution in [0.3, 0.4) is 0 Å². The van der Waals surface area contributed by atoms with Crippen LogP contribution in [-0.4, -0.2) is 35.4 Å². The lowest BCUT2D eigenvalue weighted by molar-refractivity contribution is -0.136. The fraction of sp³-hybridized carbons (Fsp3) is 0.206. The lowest BCUT2D eigenvalue weighted by Gasteiger charge is -2.23. The minimum atomic E-state index is -0.779. The van der Waals surface area contributed by atoms with Crippen molar-refractivity contribution in [2.24, 2.45) is 4.99 Å². The average molecular weight is 663 g/mol. The van der Waals surface area contributed by atoms with Gasteiger partial charge in [0.2, 0.25) is 0 Å². The number of hydrogen-bond acceptors (Lipinski definition) is 7. The van der Waals surface area contributed by atoms with Crippen molar-refractivity contribution < 1.29 is 19.0 Å². The highest BCUT2D eigenvalue weighted by Gasteiger charge is 2.31. The van der Waals surface area contributed by atoms with Crippen molar-refractivity contribution in [1.82, 2.24) is 9.13 Å². The van der Waals surface area contributed by atoms with E-state index < -0.39 is 12.0 Å². The Bertz CT molecular complexity index is 2150. The van der Waals surface area contributed by atoms with Crippen LogP contribution < -0.4 is 24.4 Å². The predicted molar refractivity (Wildman–Crippen MR) is 177 cm³/mol. The van der Waals surface area contributed by atoms with Crippen molar-refractivity contribution >= 4 is 57.5 Å². The monoisotopic (exact) mass is 661 g/mol. The van der Waals surface area contributed by atoms with Crippen molar-refractivity contribution in [2.45, 2.75) is 26.4 Å². The zero-order valence-corrected chi connectivity index (χ0v) is 27.1. The number of rotatable bonds is 9. The number of nitrogens with zero attached hydrogens (tertiary/aromatic N) is 3. The highest BCUT2D eigenvalue weighted by Crippen LogP contribution is 2.35. The number of carbonyl (C=O) groups is 1. The summed E-state index contributed by atoms with van der Waals surface area (Å²) in [4.78, 5) is 32.1. The number of halogens is 2. The molecule has 1 atom stereocenters. The van der Waals surface area contributed by atoms with E-state index >= 15 is 0 Å². The molecule has 45 heavy (non-hydrogen) atoms. The molecule has 0 fully saturated rings. The molecule has 0 N–H and O–H groups in total. The smallest absolute Gasteiger partial charge is 0.337 e. The minimum Gasteiger partial charge on any atom is -0.490 e. The van der Waals surface area contributed by atoms with Gasteiger partial charge in [-0.15, -0.1) is 0 Å². The van der Waals surface area contributed by atoms with Crippen LogP contribution >= 0.6 is 34.5 Å². The van der Waals surface area contributed by atoms with Gasteiger partial charge >= 0.3 is 5.97 Å². The summed E-state index contributed by atoms with van der Waals surface area (Å²) in [6.45, 7) is 5.18. The van der Waals surface area contributed by atoms with E-state index in [1.165, 1.54) is 24.6 Å². The fourth-order valence-electron chi connectivity index (χ4n) is 5.48. The first-order valence-electron chi connectivity index (χ1n) is 14.3. The zero-order valence-electron chi connectivity index (χ0n) is 24.8. The number of thiazole rings is 1. The molecular formula is C34H29Cl2N3O5S. The van der Waals surface area contributed by atoms with Crippen molar-refractivity contribution in [2.75, 3.05) is 20.3 Å². The van der Waals surface area contributed by atoms with Gasteiger partial charge in [-0.25, -0.2) is 9.79 Å². The summed E-state index contributed by atoms with van der Waals surface area (Å²) in [5.41, 5.74) is 3.40. The Morgan fingerprint density at radius 2 is 1.80 bits per heavy atom. The summed E-state index contributed by atoms with van der Waals surface area (Å²) in [6.07, 6.45) is 5.35. The molecular weight excluding hydrogens is 633 g/mol. The van der Waals surface area contributed by atoms with Crippen LogP contribution in [0, 0.1) is 0 Å². The van der Waals surface area contributed by atoms with Crippen LogP contribution in [0.1, 0.15) is 36.6 Å². The van der Waals surface area contributed by atoms with Gasteiger partial charge < -0.3 is 18.8 Å². The number of hydrogen-bond donors (Lipinski definition) is 0. The van der Waals surface area contributed by atoms with Crippen LogP contribution in [0.25, 0.3) is 17.0 Å². The minimum absolute atomic E-state index is 0.236. The molecule has 1 aliphatic rings. The van der Waals surface area contributed by atoms with Crippen LogP contribution in [-0.2, 0) is 16.1 Å². The van der Waals surface area contributed by atoms with Crippen LogP contribution in [0.5, 0.6) is 11.5 Å². The third-order valence-electron chi connectivity index (χ3n) is 7.47. The SMILES string of the molecule is CCOc1ccc([C@@H]2C(C(=O)OC)=CN=c3s/c(=C/c4cn(Cc5ccc(Cl)cc5Cl)c5ccccc45)c(=O)n32)cc1OCC. The molecule has 0 aliphatic carbocycles. The lowest BCUT2D eigenvalue weighted by atomic mass is 9.97. The van der Waals surface area contributed by atoms with E-state index in [2.05, 4.69) is 9.56 Å². The Labute approximate surface area is 273 Å². The van der Waals surface area contributed by atoms with E-state index in [1.807, 2.05) is 68.6 Å². The van der Waals surface area contributed by atoms with Crippen LogP contribution in [0.4, 0.5) is 0 Å². The second kappa shape index (κ2) is 13.0. The largest absolute Gasteiger partial charge is 0.490 e. The summed E-state index contributed by atoms with van der Waals surface area (Å²) in [6, 6.07) is 18.1. The number of esters is 1. The molecule has 0 unspecified atom stereocenters. The Kier molecular flexibility index (Phi) is 8.85. The van der Waals surface area contributed by atoms with Gasteiger partial charge in [-0.1, -0.05) is 64.9 Å². The maximum Gasteiger partial charge on any atom is 0.337 e. The quantitative estimate of drug-likeness (QED) is 0.178. The van der Waals surface area contributed by atoms with E-state index in [0.717, 1.165) is 22.0 Å². The molecule has 0 bridgehead atoms. The van der Waals surface area contributed by atoms with Crippen LogP contribution in [0.15, 0.2) is 88.4 Å². The second-order valence-electron chi connectivity index (χ2n) is 10.2. The van der Waals surface area contributed by atoms with Crippen molar-refractivity contribution in [3.8, 4) is 11.5 Å². The summed E-state index contributed by atoms with van der Waals surface area (Å²) < 4.78 is 20.8. The van der Waals surface area contributed by atoms with E-state index in [4.69, 9.17) is 37.4 Å². The van der Waals surface area contributed by atoms with E-state index in [1.54, 1.807) is 22.8 Å². The molecule has 11 heteroatoms. The predicted octanol–water partition coefficient (Wildman–Crippen LogP) is 6.13. The van der Waals surface area contributed by atoms with Crippen molar-refractivity contribution in [3.05, 3.63) is 125 Å². The molecule has 1 aliphatic heterocycles. The molecule has 0 radical (unpaired) electrons. The fourth-order valence-corrected chi connectivity index (χ4v) is 6.91. The molecule has 3 heterocycles. The Hall–Kier alpha value is -4.31. The number of para-hydroxylation sites is 1. The van der Waals surface area contributed by atoms with Crippen LogP contribution in [0.2, 0.25) is 10.0 Å². The highest BCUT2D eigenvalue weighted by molar-refractivity contribution is 7.07. The second-order valence-corrected chi connectivity index (χ2v) is 12.1. The Balaban J connectivity index is 1.49. The van der Waals surface area contributed by atoms with Gasteiger partial charge in [0.1, 0.15) is 0 Å². The molecule has 0 amide bonds. The van der Waals surface area contributed by atoms with E-state index in [0.29, 0.717) is 56.2 Å². The first-order chi connectivity index (χ1) is 21.8. The zero-order chi connectivity index (χ0) is 31.7. The topological polar surface area (TPSA) is 84.0 Å². The molecule has 8 nitrogen and oxygen atoms in total. The summed E-state index contributed by atoms with van der Waals surface area (Å²) in [5, 5.41) is 2.14. The van der Waals surface area contributed by atoms with Gasteiger partial charge in [-0.05, 0) is 61.4 Å². The lowest BCUT2D eigenvalue weighted by Crippen LogP contribution is -2.39. The van der Waals surface area contributed by atoms with E-state index in [9.17, 15) is 9.59 Å². The number of benzene rings is 3. The summed E-state index contributed by atoms with van der Waals surface area (Å²) >= 11 is 13.9. The number of carbonyl (C=O) groups excluding carboxylic acids is 1. The maximum absolute atomic E-state index is 14.2. The summed E-state index contributed by atoms with van der Waals surface area (Å²) in [5.74, 6) is 0.526. The van der Waals surface area contributed by atoms with E-state index in [-0.39, 0.29) is 11.1 Å². The van der Waals surface area contributed by atoms with Crippen molar-refractivity contribution in [3.63, 3.8) is 0 Å². The average Bonchev–Trinajstić information content (AvgIpc) is 3.55. The number of ether oxygens (including phenoxy) is 3. The standard InChI is InChI=1S/C34H29Cl2N3O5S/c1-4-43-28-13-11-20(14-29(28)44-5-2)31-25(33(41)42-3)17-37-34-39(31)32(40)30(45-34)15-22-19-38(27-9-7-6-8-24(22)27)18-21-10-12-23(35)16-26(21)36/h6-17,19,31H,4-5,18H2,1-3H3/b30-15+/t31-/m1/s1. The van der Waals surface area contributed by atoms with Gasteiger partial charge in [-0.2, -0.15) is 0 Å². The highest BCUT2D eigenvalue weighted by atomic mass is 35.5. The molecule has 0 saturated heterocycles. The third kappa shape index (κ3) is 5.91. The molecule has 230 valence electrons. The number of aromatic nitrogens is 2. The first kappa shape index (κ1) is 30.7. The molecule has 0 spiro atoms. The Morgan fingerprint density at radius 1 is 1.02 bits per heavy atom. The maximum atomic E-state index is 14.2. The van der Waals surface area contributed by atoms with Gasteiger partial charge in [-0.3, -0.25) is 9.36 Å². The molecule has 3 aromatic carbocycles. The molecule has 2 aromatic heterocycles. The van der Waals surface area contributed by atoms with Gasteiger partial charge in [0.15, 0.2) is 16.3 Å². The van der Waals surface area contributed by atoms with Gasteiger partial charge in [0.05, 0.1) is 36.5 Å².